The van der Waals surface area contributed by atoms with Gasteiger partial charge in [-0.05, 0) is 28.4 Å². The van der Waals surface area contributed by atoms with Crippen molar-refractivity contribution in [1.29, 1.82) is 0 Å². The third-order valence-electron chi connectivity index (χ3n) is 2.33. The predicted octanol–water partition coefficient (Wildman–Crippen LogP) is 2.50. The summed E-state index contributed by atoms with van der Waals surface area (Å²) in [6.45, 7) is 1.84. The summed E-state index contributed by atoms with van der Waals surface area (Å²) in [7, 11) is 0. The maximum atomic E-state index is 11.9. The van der Waals surface area contributed by atoms with Gasteiger partial charge in [0.25, 0.3) is 11.6 Å². The number of nitrogens with zero attached hydrogens (tertiary/aromatic N) is 1. The second kappa shape index (κ2) is 6.17. The highest BCUT2D eigenvalue weighted by Gasteiger charge is 2.20. The van der Waals surface area contributed by atoms with E-state index in [2.05, 4.69) is 27.2 Å². The van der Waals surface area contributed by atoms with Crippen LogP contribution in [-0.4, -0.2) is 16.9 Å². The monoisotopic (exact) mass is 310 g/mol. The van der Waals surface area contributed by atoms with Crippen LogP contribution in [0.3, 0.4) is 0 Å². The van der Waals surface area contributed by atoms with Crippen molar-refractivity contribution in [3.05, 3.63) is 38.3 Å². The second-order valence-corrected chi connectivity index (χ2v) is 4.29. The van der Waals surface area contributed by atoms with Crippen LogP contribution in [0.15, 0.2) is 22.7 Å². The Kier molecular flexibility index (Phi) is 4.86. The lowest BCUT2D eigenvalue weighted by Gasteiger charge is -2.11. The van der Waals surface area contributed by atoms with Gasteiger partial charge in [0.05, 0.1) is 16.5 Å². The minimum atomic E-state index is -0.556. The van der Waals surface area contributed by atoms with Crippen molar-refractivity contribution < 1.29 is 9.72 Å². The number of carbonyl (C=O) groups is 1. The number of hydrogen-bond acceptors (Lipinski definition) is 3. The van der Waals surface area contributed by atoms with Gasteiger partial charge in [-0.2, -0.15) is 0 Å². The molecule has 0 aliphatic rings. The van der Waals surface area contributed by atoms with Crippen molar-refractivity contribution >= 4 is 27.5 Å². The molecule has 0 aliphatic carbocycles. The molecule has 1 rings (SSSR count). The summed E-state index contributed by atoms with van der Waals surface area (Å²) in [5.41, 5.74) is 0.0364. The van der Waals surface area contributed by atoms with Crippen molar-refractivity contribution in [1.82, 2.24) is 5.32 Å². The molecule has 0 spiro atoms. The number of rotatable bonds is 4. The van der Waals surface area contributed by atoms with Gasteiger partial charge in [-0.3, -0.25) is 14.9 Å². The molecule has 1 aromatic carbocycles. The van der Waals surface area contributed by atoms with Gasteiger partial charge in [0, 0.05) is 6.07 Å². The molecule has 1 atom stereocenters. The Labute approximate surface area is 113 Å². The van der Waals surface area contributed by atoms with E-state index >= 15 is 0 Å². The number of halogens is 1. The van der Waals surface area contributed by atoms with E-state index in [9.17, 15) is 14.9 Å². The van der Waals surface area contributed by atoms with Gasteiger partial charge in [0.15, 0.2) is 0 Å². The molecule has 1 N–H and O–H groups in total. The molecule has 94 valence electrons. The predicted molar refractivity (Wildman–Crippen MR) is 71.2 cm³/mol. The minimum Gasteiger partial charge on any atom is -0.338 e. The van der Waals surface area contributed by atoms with Crippen LogP contribution in [0.1, 0.15) is 23.7 Å². The average molecular weight is 311 g/mol. The lowest BCUT2D eigenvalue weighted by Crippen LogP contribution is -2.33. The van der Waals surface area contributed by atoms with Gasteiger partial charge in [0.1, 0.15) is 4.47 Å². The van der Waals surface area contributed by atoms with Crippen molar-refractivity contribution in [3.8, 4) is 12.3 Å². The molecule has 0 bridgehead atoms. The quantitative estimate of drug-likeness (QED) is 0.527. The van der Waals surface area contributed by atoms with Crippen LogP contribution < -0.4 is 5.32 Å². The fourth-order valence-corrected chi connectivity index (χ4v) is 1.92. The second-order valence-electron chi connectivity index (χ2n) is 3.50. The van der Waals surface area contributed by atoms with E-state index in [-0.39, 0.29) is 21.8 Å². The van der Waals surface area contributed by atoms with Crippen molar-refractivity contribution in [2.24, 2.45) is 0 Å². The van der Waals surface area contributed by atoms with Crippen LogP contribution in [0.2, 0.25) is 0 Å². The summed E-state index contributed by atoms with van der Waals surface area (Å²) in [5.74, 6) is 1.99. The zero-order chi connectivity index (χ0) is 13.7. The first-order chi connectivity index (χ1) is 8.51. The van der Waals surface area contributed by atoms with E-state index in [1.807, 2.05) is 6.92 Å². The number of carbonyl (C=O) groups excluding carboxylic acids is 1. The molecule has 1 unspecified atom stereocenters. The Bertz CT molecular complexity index is 523. The largest absolute Gasteiger partial charge is 0.338 e. The number of hydrogen-bond donors (Lipinski definition) is 1. The van der Waals surface area contributed by atoms with Crippen molar-refractivity contribution in [2.75, 3.05) is 0 Å². The average Bonchev–Trinajstić information content (AvgIpc) is 2.35. The van der Waals surface area contributed by atoms with Gasteiger partial charge < -0.3 is 5.32 Å². The summed E-state index contributed by atoms with van der Waals surface area (Å²) < 4.78 is 0.152. The van der Waals surface area contributed by atoms with Crippen LogP contribution in [0.4, 0.5) is 5.69 Å². The van der Waals surface area contributed by atoms with Gasteiger partial charge >= 0.3 is 0 Å². The van der Waals surface area contributed by atoms with Gasteiger partial charge in [-0.1, -0.05) is 18.9 Å². The SMILES string of the molecule is C#CC(CC)NC(=O)c1cccc([N+](=O)[O-])c1Br. The zero-order valence-electron chi connectivity index (χ0n) is 9.64. The maximum absolute atomic E-state index is 11.9. The molecule has 0 fully saturated rings. The Morgan fingerprint density at radius 3 is 2.83 bits per heavy atom. The Hall–Kier alpha value is -1.87. The van der Waals surface area contributed by atoms with E-state index in [4.69, 9.17) is 6.42 Å². The normalized spacial score (nSPS) is 11.4. The number of nitro benzene ring substituents is 1. The molecular formula is C12H11BrN2O3. The summed E-state index contributed by atoms with van der Waals surface area (Å²) >= 11 is 3.06. The number of nitro groups is 1. The number of benzene rings is 1. The summed E-state index contributed by atoms with van der Waals surface area (Å²) in [6, 6.07) is 3.88. The van der Waals surface area contributed by atoms with Crippen LogP contribution in [0.25, 0.3) is 0 Å². The van der Waals surface area contributed by atoms with Gasteiger partial charge in [0.2, 0.25) is 0 Å². The summed E-state index contributed by atoms with van der Waals surface area (Å²) in [5, 5.41) is 13.4. The fourth-order valence-electron chi connectivity index (χ4n) is 1.33. The molecule has 0 radical (unpaired) electrons. The van der Waals surface area contributed by atoms with Gasteiger partial charge in [-0.15, -0.1) is 6.42 Å². The highest BCUT2D eigenvalue weighted by molar-refractivity contribution is 9.10. The van der Waals surface area contributed by atoms with Crippen molar-refractivity contribution in [2.45, 2.75) is 19.4 Å². The maximum Gasteiger partial charge on any atom is 0.284 e. The summed E-state index contributed by atoms with van der Waals surface area (Å²) in [6.07, 6.45) is 5.83. The molecule has 0 saturated heterocycles. The Morgan fingerprint density at radius 1 is 1.67 bits per heavy atom. The first kappa shape index (κ1) is 14.2. The van der Waals surface area contributed by atoms with E-state index < -0.39 is 10.8 Å². The van der Waals surface area contributed by atoms with E-state index in [1.165, 1.54) is 18.2 Å². The van der Waals surface area contributed by atoms with Crippen LogP contribution >= 0.6 is 15.9 Å². The number of terminal acetylenes is 1. The smallest absolute Gasteiger partial charge is 0.284 e. The molecule has 1 aromatic rings. The van der Waals surface area contributed by atoms with E-state index in [0.717, 1.165) is 0 Å². The first-order valence-corrected chi connectivity index (χ1v) is 6.00. The lowest BCUT2D eigenvalue weighted by atomic mass is 10.1. The minimum absolute atomic E-state index is 0.152. The van der Waals surface area contributed by atoms with E-state index in [1.54, 1.807) is 0 Å². The highest BCUT2D eigenvalue weighted by atomic mass is 79.9. The third kappa shape index (κ3) is 3.08. The fraction of sp³-hybridized carbons (Fsp3) is 0.250. The molecule has 5 nitrogen and oxygen atoms in total. The molecule has 0 saturated carbocycles. The van der Waals surface area contributed by atoms with E-state index in [0.29, 0.717) is 6.42 Å². The molecule has 0 heterocycles. The van der Waals surface area contributed by atoms with Crippen LogP contribution in [-0.2, 0) is 0 Å². The number of nitrogens with one attached hydrogen (secondary N) is 1. The molecular weight excluding hydrogens is 300 g/mol. The van der Waals surface area contributed by atoms with Crippen LogP contribution in [0.5, 0.6) is 0 Å². The topological polar surface area (TPSA) is 72.2 Å². The lowest BCUT2D eigenvalue weighted by molar-refractivity contribution is -0.385. The molecule has 18 heavy (non-hydrogen) atoms. The standard InChI is InChI=1S/C12H11BrN2O3/c1-3-8(4-2)14-12(16)9-6-5-7-10(11(9)13)15(17)18/h1,5-8H,4H2,2H3,(H,14,16). The number of amides is 1. The molecule has 1 amide bonds. The first-order valence-electron chi connectivity index (χ1n) is 5.21. The Balaban J connectivity index is 3.04. The third-order valence-corrected chi connectivity index (χ3v) is 3.17. The van der Waals surface area contributed by atoms with Crippen molar-refractivity contribution in [3.63, 3.8) is 0 Å². The van der Waals surface area contributed by atoms with Gasteiger partial charge in [-0.25, -0.2) is 0 Å². The molecule has 0 aliphatic heterocycles. The Morgan fingerprint density at radius 2 is 2.33 bits per heavy atom. The molecule has 6 heteroatoms. The highest BCUT2D eigenvalue weighted by Crippen LogP contribution is 2.28. The molecule has 0 aromatic heterocycles. The zero-order valence-corrected chi connectivity index (χ0v) is 11.2. The van der Waals surface area contributed by atoms with Crippen LogP contribution in [0, 0.1) is 22.5 Å². The summed E-state index contributed by atoms with van der Waals surface area (Å²) in [4.78, 5) is 22.1.